The Morgan fingerprint density at radius 1 is 1.41 bits per heavy atom. The van der Waals surface area contributed by atoms with E-state index in [1.54, 1.807) is 18.5 Å². The maximum atomic E-state index is 11.8. The lowest BCUT2D eigenvalue weighted by atomic mass is 9.97. The number of nitrogens with two attached hydrogens (primary N) is 1. The fourth-order valence-electron chi connectivity index (χ4n) is 3.05. The van der Waals surface area contributed by atoms with E-state index in [1.165, 1.54) is 0 Å². The summed E-state index contributed by atoms with van der Waals surface area (Å²) in [6.45, 7) is 2.28. The third kappa shape index (κ3) is 3.93. The molecule has 0 spiro atoms. The van der Waals surface area contributed by atoms with Crippen molar-refractivity contribution in [1.29, 1.82) is 5.26 Å². The molecule has 0 radical (unpaired) electrons. The number of pyridine rings is 1. The zero-order chi connectivity index (χ0) is 19.4. The number of hydrogen-bond acceptors (Lipinski definition) is 6. The summed E-state index contributed by atoms with van der Waals surface area (Å²) in [5, 5.41) is 16.3. The molecule has 0 aliphatic rings. The molecule has 0 saturated carbocycles. The van der Waals surface area contributed by atoms with Crippen LogP contribution in [0.2, 0.25) is 0 Å². The van der Waals surface area contributed by atoms with Gasteiger partial charge in [0.1, 0.15) is 12.2 Å². The van der Waals surface area contributed by atoms with Crippen LogP contribution >= 0.6 is 0 Å². The molecule has 2 heterocycles. The van der Waals surface area contributed by atoms with Crippen LogP contribution in [0, 0.1) is 18.3 Å². The van der Waals surface area contributed by atoms with Gasteiger partial charge in [0.15, 0.2) is 5.69 Å². The molecule has 8 nitrogen and oxygen atoms in total. The Labute approximate surface area is 155 Å². The van der Waals surface area contributed by atoms with Gasteiger partial charge in [-0.15, -0.1) is 0 Å². The number of ether oxygens (including phenoxy) is 1. The number of hydrogen-bond donors (Lipinski definition) is 2. The summed E-state index contributed by atoms with van der Waals surface area (Å²) >= 11 is 0. The maximum Gasteiger partial charge on any atom is 0.293 e. The molecule has 3 rings (SSSR count). The number of nitriles is 1. The quantitative estimate of drug-likeness (QED) is 0.612. The van der Waals surface area contributed by atoms with Crippen molar-refractivity contribution in [1.82, 2.24) is 15.2 Å². The summed E-state index contributed by atoms with van der Waals surface area (Å²) in [4.78, 5) is 27.1. The largest absolute Gasteiger partial charge is 0.464 e. The van der Waals surface area contributed by atoms with Crippen LogP contribution in [0.4, 0.5) is 0 Å². The van der Waals surface area contributed by atoms with Crippen molar-refractivity contribution in [2.45, 2.75) is 25.9 Å². The Hall–Kier alpha value is -3.73. The van der Waals surface area contributed by atoms with E-state index in [9.17, 15) is 9.59 Å². The number of aromatic nitrogens is 3. The number of carbonyl (C=O) groups excluding carboxylic acids is 2. The van der Waals surface area contributed by atoms with Gasteiger partial charge in [0.2, 0.25) is 0 Å². The lowest BCUT2D eigenvalue weighted by Gasteiger charge is -2.16. The zero-order valence-corrected chi connectivity index (χ0v) is 14.6. The second kappa shape index (κ2) is 7.66. The Morgan fingerprint density at radius 3 is 2.93 bits per heavy atom. The summed E-state index contributed by atoms with van der Waals surface area (Å²) < 4.78 is 5.19. The fourth-order valence-corrected chi connectivity index (χ4v) is 3.05. The number of primary amides is 1. The molecular weight excluding hydrogens is 346 g/mol. The Balaban J connectivity index is 1.96. The van der Waals surface area contributed by atoms with Gasteiger partial charge in [-0.1, -0.05) is 0 Å². The highest BCUT2D eigenvalue weighted by molar-refractivity contribution is 6.05. The summed E-state index contributed by atoms with van der Waals surface area (Å²) in [6, 6.07) is 7.45. The van der Waals surface area contributed by atoms with Crippen molar-refractivity contribution in [3.05, 3.63) is 58.5 Å². The highest BCUT2D eigenvalue weighted by Crippen LogP contribution is 2.22. The molecule has 1 atom stereocenters. The summed E-state index contributed by atoms with van der Waals surface area (Å²) in [5.41, 5.74) is 8.99. The molecule has 0 fully saturated rings. The minimum atomic E-state index is -0.576. The number of amides is 1. The number of aryl methyl sites for hydroxylation is 1. The Kier molecular flexibility index (Phi) is 5.13. The smallest absolute Gasteiger partial charge is 0.293 e. The van der Waals surface area contributed by atoms with Gasteiger partial charge in [0.25, 0.3) is 12.4 Å². The van der Waals surface area contributed by atoms with E-state index in [0.717, 1.165) is 16.5 Å². The number of carbonyl (C=O) groups is 2. The highest BCUT2D eigenvalue weighted by Gasteiger charge is 2.18. The van der Waals surface area contributed by atoms with Gasteiger partial charge in [-0.2, -0.15) is 10.4 Å². The topological polar surface area (TPSA) is 135 Å². The van der Waals surface area contributed by atoms with Crippen LogP contribution in [0.5, 0.6) is 0 Å². The monoisotopic (exact) mass is 363 g/mol. The molecule has 2 aromatic heterocycles. The van der Waals surface area contributed by atoms with Crippen LogP contribution in [0.25, 0.3) is 10.9 Å². The highest BCUT2D eigenvalue weighted by atomic mass is 16.5. The molecule has 1 unspecified atom stereocenters. The van der Waals surface area contributed by atoms with Crippen LogP contribution in [0.1, 0.15) is 32.7 Å². The second-order valence-corrected chi connectivity index (χ2v) is 6.23. The van der Waals surface area contributed by atoms with E-state index >= 15 is 0 Å². The van der Waals surface area contributed by atoms with Crippen molar-refractivity contribution < 1.29 is 14.3 Å². The molecule has 0 aliphatic heterocycles. The minimum absolute atomic E-state index is 0.255. The van der Waals surface area contributed by atoms with Crippen molar-refractivity contribution in [3.8, 4) is 6.07 Å². The average molecular weight is 363 g/mol. The van der Waals surface area contributed by atoms with Crippen molar-refractivity contribution in [3.63, 3.8) is 0 Å². The maximum absolute atomic E-state index is 11.8. The minimum Gasteiger partial charge on any atom is -0.464 e. The Bertz CT molecular complexity index is 1050. The zero-order valence-electron chi connectivity index (χ0n) is 14.6. The first-order valence-corrected chi connectivity index (χ1v) is 8.22. The van der Waals surface area contributed by atoms with E-state index in [4.69, 9.17) is 15.7 Å². The third-order valence-corrected chi connectivity index (χ3v) is 4.23. The van der Waals surface area contributed by atoms with E-state index < -0.39 is 12.0 Å². The fraction of sp³-hybridized carbons (Fsp3) is 0.211. The number of fused-ring (bicyclic) bond motifs is 1. The number of nitrogens with one attached hydrogen (secondary N) is 1. The van der Waals surface area contributed by atoms with Crippen LogP contribution in [0.15, 0.2) is 30.6 Å². The predicted molar refractivity (Wildman–Crippen MR) is 96.6 cm³/mol. The average Bonchev–Trinajstić information content (AvgIpc) is 3.08. The first-order valence-electron chi connectivity index (χ1n) is 8.22. The first-order chi connectivity index (χ1) is 13.0. The number of benzene rings is 1. The molecule has 0 bridgehead atoms. The van der Waals surface area contributed by atoms with Crippen molar-refractivity contribution in [2.75, 3.05) is 0 Å². The third-order valence-electron chi connectivity index (χ3n) is 4.23. The molecule has 3 N–H and O–H groups in total. The van der Waals surface area contributed by atoms with Crippen molar-refractivity contribution in [2.24, 2.45) is 5.73 Å². The molecular formula is C19H17N5O3. The van der Waals surface area contributed by atoms with Gasteiger partial charge in [0.05, 0.1) is 11.1 Å². The van der Waals surface area contributed by atoms with Gasteiger partial charge >= 0.3 is 0 Å². The van der Waals surface area contributed by atoms with E-state index in [-0.39, 0.29) is 5.69 Å². The van der Waals surface area contributed by atoms with Crippen LogP contribution in [0.3, 0.4) is 0 Å². The molecule has 0 saturated heterocycles. The van der Waals surface area contributed by atoms with Gasteiger partial charge in [-0.25, -0.2) is 0 Å². The molecule has 1 amide bonds. The lowest BCUT2D eigenvalue weighted by molar-refractivity contribution is -0.133. The van der Waals surface area contributed by atoms with Gasteiger partial charge in [-0.3, -0.25) is 19.7 Å². The summed E-state index contributed by atoms with van der Waals surface area (Å²) in [6.07, 6.45) is 3.41. The number of rotatable bonds is 7. The normalized spacial score (nSPS) is 11.7. The number of aromatic amines is 1. The van der Waals surface area contributed by atoms with Gasteiger partial charge in [0, 0.05) is 36.2 Å². The van der Waals surface area contributed by atoms with Crippen LogP contribution in [-0.4, -0.2) is 33.7 Å². The van der Waals surface area contributed by atoms with E-state index in [2.05, 4.69) is 15.2 Å². The molecule has 1 aromatic carbocycles. The predicted octanol–water partition coefficient (Wildman–Crippen LogP) is 1.56. The SMILES string of the molecule is Cc1cnc2c(C(N)=O)cc(CC(Cc3c[nH]nc3C#N)OC=O)cc2c1. The number of nitrogens with zero attached hydrogens (tertiary/aromatic N) is 3. The van der Waals surface area contributed by atoms with Crippen LogP contribution < -0.4 is 5.73 Å². The van der Waals surface area contributed by atoms with E-state index in [0.29, 0.717) is 36.0 Å². The summed E-state index contributed by atoms with van der Waals surface area (Å²) in [5.74, 6) is -0.576. The molecule has 0 aliphatic carbocycles. The second-order valence-electron chi connectivity index (χ2n) is 6.23. The molecule has 3 aromatic rings. The number of H-pyrrole nitrogens is 1. The molecule has 27 heavy (non-hydrogen) atoms. The van der Waals surface area contributed by atoms with E-state index in [1.807, 2.05) is 25.1 Å². The lowest BCUT2D eigenvalue weighted by Crippen LogP contribution is -2.20. The molecule has 8 heteroatoms. The first kappa shape index (κ1) is 18.1. The standard InChI is InChI=1S/C19H17N5O3/c1-11-2-13-3-12(5-16(19(21)26)18(13)22-8-11)4-15(27-10-25)6-14-9-23-24-17(14)7-20/h2-3,5,8-10,15H,4,6H2,1H3,(H2,21,26)(H,23,24). The van der Waals surface area contributed by atoms with Gasteiger partial charge < -0.3 is 10.5 Å². The molecule has 136 valence electrons. The Morgan fingerprint density at radius 2 is 2.22 bits per heavy atom. The van der Waals surface area contributed by atoms with Gasteiger partial charge in [-0.05, 0) is 36.2 Å². The summed E-state index contributed by atoms with van der Waals surface area (Å²) in [7, 11) is 0. The van der Waals surface area contributed by atoms with Crippen molar-refractivity contribution >= 4 is 23.3 Å². The van der Waals surface area contributed by atoms with Crippen LogP contribution in [-0.2, 0) is 22.4 Å².